The zero-order chi connectivity index (χ0) is 19.7. The van der Waals surface area contributed by atoms with Crippen LogP contribution in [0, 0.1) is 0 Å². The molecule has 0 spiro atoms. The van der Waals surface area contributed by atoms with Gasteiger partial charge in [-0.1, -0.05) is 75.4 Å². The SMILES string of the molecule is CC(C)(C)c1ccc(-c2nnc(Nc3cccc(O)c3)c3ccccc23)cc1. The number of rotatable bonds is 3. The molecule has 0 saturated carbocycles. The van der Waals surface area contributed by atoms with Crippen LogP contribution in [0.2, 0.25) is 0 Å². The molecule has 0 aliphatic heterocycles. The van der Waals surface area contributed by atoms with E-state index in [0.29, 0.717) is 5.82 Å². The predicted molar refractivity (Wildman–Crippen MR) is 115 cm³/mol. The maximum atomic E-state index is 9.70. The van der Waals surface area contributed by atoms with Crippen molar-refractivity contribution in [3.8, 4) is 17.0 Å². The van der Waals surface area contributed by atoms with Crippen molar-refractivity contribution in [1.29, 1.82) is 0 Å². The third-order valence-electron chi connectivity index (χ3n) is 4.82. The zero-order valence-corrected chi connectivity index (χ0v) is 16.3. The topological polar surface area (TPSA) is 58.0 Å². The molecule has 0 aliphatic rings. The maximum absolute atomic E-state index is 9.70. The van der Waals surface area contributed by atoms with E-state index in [-0.39, 0.29) is 11.2 Å². The first-order chi connectivity index (χ1) is 13.4. The summed E-state index contributed by atoms with van der Waals surface area (Å²) in [7, 11) is 0. The van der Waals surface area contributed by atoms with E-state index >= 15 is 0 Å². The third-order valence-corrected chi connectivity index (χ3v) is 4.82. The van der Waals surface area contributed by atoms with Crippen molar-refractivity contribution in [3.63, 3.8) is 0 Å². The number of benzene rings is 3. The number of anilines is 2. The number of aromatic hydroxyl groups is 1. The van der Waals surface area contributed by atoms with Gasteiger partial charge in [-0.05, 0) is 23.1 Å². The molecular formula is C24H23N3O. The van der Waals surface area contributed by atoms with Crippen molar-refractivity contribution in [3.05, 3.63) is 78.4 Å². The number of hydrogen-bond acceptors (Lipinski definition) is 4. The highest BCUT2D eigenvalue weighted by Gasteiger charge is 2.15. The van der Waals surface area contributed by atoms with E-state index in [0.717, 1.165) is 27.7 Å². The molecule has 1 aromatic heterocycles. The van der Waals surface area contributed by atoms with Crippen molar-refractivity contribution in [2.45, 2.75) is 26.2 Å². The number of hydrogen-bond donors (Lipinski definition) is 2. The Bertz CT molecular complexity index is 1130. The highest BCUT2D eigenvalue weighted by Crippen LogP contribution is 2.32. The Kier molecular flexibility index (Phi) is 4.47. The Morgan fingerprint density at radius 2 is 1.50 bits per heavy atom. The van der Waals surface area contributed by atoms with E-state index in [4.69, 9.17) is 0 Å². The maximum Gasteiger partial charge on any atom is 0.161 e. The second-order valence-electron chi connectivity index (χ2n) is 7.95. The minimum absolute atomic E-state index is 0.112. The van der Waals surface area contributed by atoms with E-state index in [1.165, 1.54) is 5.56 Å². The van der Waals surface area contributed by atoms with Gasteiger partial charge in [0.1, 0.15) is 11.4 Å². The molecule has 3 aromatic carbocycles. The average molecular weight is 369 g/mol. The van der Waals surface area contributed by atoms with E-state index in [2.05, 4.69) is 66.6 Å². The average Bonchev–Trinajstić information content (AvgIpc) is 2.68. The van der Waals surface area contributed by atoms with Crippen molar-refractivity contribution in [1.82, 2.24) is 10.2 Å². The van der Waals surface area contributed by atoms with Crippen molar-refractivity contribution in [2.75, 3.05) is 5.32 Å². The lowest BCUT2D eigenvalue weighted by Gasteiger charge is -2.19. The van der Waals surface area contributed by atoms with Gasteiger partial charge in [-0.25, -0.2) is 0 Å². The van der Waals surface area contributed by atoms with Crippen LogP contribution in [0.1, 0.15) is 26.3 Å². The summed E-state index contributed by atoms with van der Waals surface area (Å²) < 4.78 is 0. The van der Waals surface area contributed by atoms with Gasteiger partial charge >= 0.3 is 0 Å². The van der Waals surface area contributed by atoms with Crippen LogP contribution in [0.5, 0.6) is 5.75 Å². The quantitative estimate of drug-likeness (QED) is 0.462. The Morgan fingerprint density at radius 1 is 0.786 bits per heavy atom. The normalized spacial score (nSPS) is 11.5. The molecule has 4 nitrogen and oxygen atoms in total. The van der Waals surface area contributed by atoms with Crippen molar-refractivity contribution < 1.29 is 5.11 Å². The molecule has 140 valence electrons. The first-order valence-electron chi connectivity index (χ1n) is 9.34. The molecule has 0 aliphatic carbocycles. The van der Waals surface area contributed by atoms with Gasteiger partial charge in [0.05, 0.1) is 0 Å². The van der Waals surface area contributed by atoms with Gasteiger partial charge in [0.25, 0.3) is 0 Å². The van der Waals surface area contributed by atoms with Gasteiger partial charge in [-0.2, -0.15) is 0 Å². The molecule has 0 saturated heterocycles. The smallest absolute Gasteiger partial charge is 0.161 e. The van der Waals surface area contributed by atoms with Crippen LogP contribution in [-0.4, -0.2) is 15.3 Å². The van der Waals surface area contributed by atoms with Crippen molar-refractivity contribution >= 4 is 22.3 Å². The van der Waals surface area contributed by atoms with Crippen LogP contribution >= 0.6 is 0 Å². The Balaban J connectivity index is 1.77. The van der Waals surface area contributed by atoms with E-state index in [1.807, 2.05) is 24.3 Å². The minimum atomic E-state index is 0.112. The molecule has 1 heterocycles. The summed E-state index contributed by atoms with van der Waals surface area (Å²) in [5.74, 6) is 0.870. The molecule has 0 fully saturated rings. The zero-order valence-electron chi connectivity index (χ0n) is 16.3. The van der Waals surface area contributed by atoms with Crippen LogP contribution in [0.25, 0.3) is 22.0 Å². The summed E-state index contributed by atoms with van der Waals surface area (Å²) >= 11 is 0. The van der Waals surface area contributed by atoms with Gasteiger partial charge in [0.15, 0.2) is 5.82 Å². The molecule has 0 bridgehead atoms. The van der Waals surface area contributed by atoms with Crippen LogP contribution in [-0.2, 0) is 5.41 Å². The molecule has 0 amide bonds. The number of phenols is 1. The summed E-state index contributed by atoms with van der Waals surface area (Å²) in [6.45, 7) is 6.62. The number of aromatic nitrogens is 2. The van der Waals surface area contributed by atoms with Gasteiger partial charge in [-0.15, -0.1) is 10.2 Å². The standard InChI is InChI=1S/C24H23N3O/c1-24(2,3)17-13-11-16(12-14-17)22-20-9-4-5-10-21(20)23(27-26-22)25-18-7-6-8-19(28)15-18/h4-15,28H,1-3H3,(H,25,27). The summed E-state index contributed by atoms with van der Waals surface area (Å²) in [4.78, 5) is 0. The van der Waals surface area contributed by atoms with Gasteiger partial charge < -0.3 is 10.4 Å². The second-order valence-corrected chi connectivity index (χ2v) is 7.95. The first-order valence-corrected chi connectivity index (χ1v) is 9.34. The highest BCUT2D eigenvalue weighted by molar-refractivity contribution is 6.00. The third kappa shape index (κ3) is 3.54. The number of fused-ring (bicyclic) bond motifs is 1. The summed E-state index contributed by atoms with van der Waals surface area (Å²) in [6.07, 6.45) is 0. The second kappa shape index (κ2) is 6.97. The summed E-state index contributed by atoms with van der Waals surface area (Å²) in [6, 6.07) is 23.6. The Morgan fingerprint density at radius 3 is 2.18 bits per heavy atom. The number of nitrogens with zero attached hydrogens (tertiary/aromatic N) is 2. The lowest BCUT2D eigenvalue weighted by atomic mass is 9.86. The van der Waals surface area contributed by atoms with E-state index < -0.39 is 0 Å². The predicted octanol–water partition coefficient (Wildman–Crippen LogP) is 6.04. The molecule has 4 heteroatoms. The molecular weight excluding hydrogens is 346 g/mol. The molecule has 4 rings (SSSR count). The van der Waals surface area contributed by atoms with E-state index in [1.54, 1.807) is 18.2 Å². The Labute approximate surface area is 164 Å². The van der Waals surface area contributed by atoms with Crippen LogP contribution < -0.4 is 5.32 Å². The van der Waals surface area contributed by atoms with Crippen LogP contribution in [0.3, 0.4) is 0 Å². The fourth-order valence-corrected chi connectivity index (χ4v) is 3.26. The molecule has 0 unspecified atom stereocenters. The van der Waals surface area contributed by atoms with Crippen molar-refractivity contribution in [2.24, 2.45) is 0 Å². The summed E-state index contributed by atoms with van der Waals surface area (Å²) in [5.41, 5.74) is 4.07. The lowest BCUT2D eigenvalue weighted by molar-refractivity contribution is 0.475. The van der Waals surface area contributed by atoms with Crippen LogP contribution in [0.4, 0.5) is 11.5 Å². The molecule has 0 atom stereocenters. The van der Waals surface area contributed by atoms with E-state index in [9.17, 15) is 5.11 Å². The molecule has 28 heavy (non-hydrogen) atoms. The minimum Gasteiger partial charge on any atom is -0.508 e. The first kappa shape index (κ1) is 18.0. The van der Waals surface area contributed by atoms with Gasteiger partial charge in [-0.3, -0.25) is 0 Å². The van der Waals surface area contributed by atoms with Gasteiger partial charge in [0, 0.05) is 28.1 Å². The lowest BCUT2D eigenvalue weighted by Crippen LogP contribution is -2.10. The Hall–Kier alpha value is -3.40. The highest BCUT2D eigenvalue weighted by atomic mass is 16.3. The fraction of sp³-hybridized carbons (Fsp3) is 0.167. The number of phenolic OH excluding ortho intramolecular Hbond substituents is 1. The fourth-order valence-electron chi connectivity index (χ4n) is 3.26. The summed E-state index contributed by atoms with van der Waals surface area (Å²) in [5, 5.41) is 23.9. The molecule has 0 radical (unpaired) electrons. The van der Waals surface area contributed by atoms with Crippen LogP contribution in [0.15, 0.2) is 72.8 Å². The molecule has 2 N–H and O–H groups in total. The van der Waals surface area contributed by atoms with Gasteiger partial charge in [0.2, 0.25) is 0 Å². The largest absolute Gasteiger partial charge is 0.508 e. The molecule has 4 aromatic rings. The number of nitrogens with one attached hydrogen (secondary N) is 1. The monoisotopic (exact) mass is 369 g/mol.